The van der Waals surface area contributed by atoms with Crippen molar-refractivity contribution in [2.75, 3.05) is 6.16 Å². The first-order chi connectivity index (χ1) is 7.90. The van der Waals surface area contributed by atoms with Crippen LogP contribution in [-0.2, 0) is 6.42 Å². The first-order valence-electron chi connectivity index (χ1n) is 5.84. The van der Waals surface area contributed by atoms with Crippen LogP contribution < -0.4 is 5.30 Å². The van der Waals surface area contributed by atoms with Crippen molar-refractivity contribution in [3.8, 4) is 11.1 Å². The van der Waals surface area contributed by atoms with Gasteiger partial charge in [-0.2, -0.15) is 0 Å². The summed E-state index contributed by atoms with van der Waals surface area (Å²) < 4.78 is 0. The molecule has 1 atom stereocenters. The first-order valence-corrected chi connectivity index (χ1v) is 7.05. The molecule has 0 amide bonds. The second-order valence-electron chi connectivity index (χ2n) is 4.20. The van der Waals surface area contributed by atoms with Crippen molar-refractivity contribution in [2.24, 2.45) is 0 Å². The van der Waals surface area contributed by atoms with Gasteiger partial charge in [0, 0.05) is 0 Å². The maximum absolute atomic E-state index is 2.30. The molecule has 1 aliphatic carbocycles. The lowest BCUT2D eigenvalue weighted by Gasteiger charge is -2.06. The van der Waals surface area contributed by atoms with Crippen LogP contribution in [0.3, 0.4) is 0 Å². The molecule has 0 saturated heterocycles. The van der Waals surface area contributed by atoms with E-state index in [0.29, 0.717) is 0 Å². The summed E-state index contributed by atoms with van der Waals surface area (Å²) in [6, 6.07) is 15.6. The molecular formula is C15H15P. The van der Waals surface area contributed by atoms with Gasteiger partial charge in [-0.1, -0.05) is 58.0 Å². The Labute approximate surface area is 98.5 Å². The fraction of sp³-hybridized carbons (Fsp3) is 0.200. The van der Waals surface area contributed by atoms with Crippen LogP contribution in [0.2, 0.25) is 0 Å². The van der Waals surface area contributed by atoms with Crippen LogP contribution >= 0.6 is 8.58 Å². The minimum absolute atomic E-state index is 0.957. The van der Waals surface area contributed by atoms with Crippen LogP contribution in [0.4, 0.5) is 0 Å². The summed E-state index contributed by atoms with van der Waals surface area (Å²) in [7, 11) is 0.957. The molecule has 1 aliphatic rings. The Balaban J connectivity index is 2.16. The molecule has 2 aromatic rings. The van der Waals surface area contributed by atoms with E-state index in [1.54, 1.807) is 10.9 Å². The van der Waals surface area contributed by atoms with Crippen molar-refractivity contribution in [3.05, 3.63) is 53.6 Å². The highest BCUT2D eigenvalue weighted by molar-refractivity contribution is 7.47. The van der Waals surface area contributed by atoms with Gasteiger partial charge < -0.3 is 0 Å². The Morgan fingerprint density at radius 1 is 1.00 bits per heavy atom. The molecule has 0 N–H and O–H groups in total. The summed E-state index contributed by atoms with van der Waals surface area (Å²) in [5, 5.41) is 1.57. The normalized spacial score (nSPS) is 13.1. The van der Waals surface area contributed by atoms with Crippen molar-refractivity contribution in [1.82, 2.24) is 0 Å². The standard InChI is InChI=1S/C15H15P/c1-2-16-15-9-5-8-13-12-7-4-3-6-11(12)10-14(13)15/h3-9,16H,2,10H2,1H3. The molecule has 1 unspecified atom stereocenters. The monoisotopic (exact) mass is 226 g/mol. The lowest BCUT2D eigenvalue weighted by molar-refractivity contribution is 1.28. The predicted octanol–water partition coefficient (Wildman–Crippen LogP) is 3.58. The molecule has 0 saturated carbocycles. The van der Waals surface area contributed by atoms with Crippen molar-refractivity contribution < 1.29 is 0 Å². The fourth-order valence-electron chi connectivity index (χ4n) is 2.51. The molecule has 0 heterocycles. The predicted molar refractivity (Wildman–Crippen MR) is 73.2 cm³/mol. The topological polar surface area (TPSA) is 0 Å². The number of fused-ring (bicyclic) bond motifs is 3. The number of hydrogen-bond donors (Lipinski definition) is 0. The third-order valence-electron chi connectivity index (χ3n) is 3.22. The van der Waals surface area contributed by atoms with Crippen LogP contribution in [0.25, 0.3) is 11.1 Å². The summed E-state index contributed by atoms with van der Waals surface area (Å²) in [6.45, 7) is 2.26. The molecule has 3 rings (SSSR count). The third kappa shape index (κ3) is 1.49. The Bertz CT molecular complexity index is 529. The summed E-state index contributed by atoms with van der Waals surface area (Å²) in [4.78, 5) is 0. The summed E-state index contributed by atoms with van der Waals surface area (Å²) >= 11 is 0. The molecule has 0 nitrogen and oxygen atoms in total. The minimum Gasteiger partial charge on any atom is -0.0903 e. The molecular weight excluding hydrogens is 211 g/mol. The van der Waals surface area contributed by atoms with E-state index in [1.807, 2.05) is 0 Å². The summed E-state index contributed by atoms with van der Waals surface area (Å²) in [6.07, 6.45) is 2.39. The van der Waals surface area contributed by atoms with Crippen LogP contribution in [-0.4, -0.2) is 6.16 Å². The molecule has 80 valence electrons. The number of benzene rings is 2. The van der Waals surface area contributed by atoms with E-state index in [-0.39, 0.29) is 0 Å². The second kappa shape index (κ2) is 4.03. The van der Waals surface area contributed by atoms with Gasteiger partial charge in [-0.05, 0) is 40.1 Å². The maximum atomic E-state index is 2.30. The van der Waals surface area contributed by atoms with Gasteiger partial charge in [0.15, 0.2) is 0 Å². The summed E-state index contributed by atoms with van der Waals surface area (Å²) in [5.74, 6) is 0. The van der Waals surface area contributed by atoms with Crippen molar-refractivity contribution in [3.63, 3.8) is 0 Å². The van der Waals surface area contributed by atoms with E-state index in [1.165, 1.54) is 22.9 Å². The van der Waals surface area contributed by atoms with Gasteiger partial charge >= 0.3 is 0 Å². The van der Waals surface area contributed by atoms with E-state index < -0.39 is 0 Å². The van der Waals surface area contributed by atoms with Crippen molar-refractivity contribution in [1.29, 1.82) is 0 Å². The Morgan fingerprint density at radius 2 is 1.81 bits per heavy atom. The van der Waals surface area contributed by atoms with E-state index in [0.717, 1.165) is 15.0 Å². The van der Waals surface area contributed by atoms with Gasteiger partial charge in [0.05, 0.1) is 0 Å². The van der Waals surface area contributed by atoms with E-state index in [4.69, 9.17) is 0 Å². The second-order valence-corrected chi connectivity index (χ2v) is 5.80. The number of rotatable bonds is 2. The average molecular weight is 226 g/mol. The van der Waals surface area contributed by atoms with Crippen LogP contribution in [0.15, 0.2) is 42.5 Å². The zero-order valence-corrected chi connectivity index (χ0v) is 10.5. The van der Waals surface area contributed by atoms with Crippen molar-refractivity contribution in [2.45, 2.75) is 13.3 Å². The van der Waals surface area contributed by atoms with E-state index in [9.17, 15) is 0 Å². The fourth-order valence-corrected chi connectivity index (χ4v) is 3.54. The molecule has 1 heteroatoms. The Hall–Kier alpha value is -1.13. The zero-order chi connectivity index (χ0) is 11.0. The lowest BCUT2D eigenvalue weighted by Crippen LogP contribution is -2.02. The van der Waals surface area contributed by atoms with Crippen LogP contribution in [0, 0.1) is 0 Å². The molecule has 16 heavy (non-hydrogen) atoms. The van der Waals surface area contributed by atoms with Gasteiger partial charge in [-0.25, -0.2) is 0 Å². The Morgan fingerprint density at radius 3 is 2.69 bits per heavy atom. The molecule has 0 spiro atoms. The highest BCUT2D eigenvalue weighted by Crippen LogP contribution is 2.36. The minimum atomic E-state index is 0.957. The molecule has 0 aromatic heterocycles. The highest BCUT2D eigenvalue weighted by Gasteiger charge is 2.19. The van der Waals surface area contributed by atoms with Gasteiger partial charge in [0.2, 0.25) is 0 Å². The van der Waals surface area contributed by atoms with Gasteiger partial charge in [0.25, 0.3) is 0 Å². The average Bonchev–Trinajstić information content (AvgIpc) is 2.69. The lowest BCUT2D eigenvalue weighted by atomic mass is 10.1. The van der Waals surface area contributed by atoms with Gasteiger partial charge in [-0.3, -0.25) is 0 Å². The summed E-state index contributed by atoms with van der Waals surface area (Å²) in [5.41, 5.74) is 5.98. The largest absolute Gasteiger partial charge is 0.0903 e. The van der Waals surface area contributed by atoms with Gasteiger partial charge in [0.1, 0.15) is 0 Å². The molecule has 0 bridgehead atoms. The van der Waals surface area contributed by atoms with Gasteiger partial charge in [-0.15, -0.1) is 0 Å². The smallest absolute Gasteiger partial charge is 0.000721 e. The quantitative estimate of drug-likeness (QED) is 0.586. The zero-order valence-electron chi connectivity index (χ0n) is 9.46. The third-order valence-corrected chi connectivity index (χ3v) is 4.42. The van der Waals surface area contributed by atoms with E-state index in [2.05, 4.69) is 49.4 Å². The highest BCUT2D eigenvalue weighted by atomic mass is 31.1. The molecule has 2 aromatic carbocycles. The van der Waals surface area contributed by atoms with E-state index >= 15 is 0 Å². The van der Waals surface area contributed by atoms with Crippen LogP contribution in [0.1, 0.15) is 18.1 Å². The van der Waals surface area contributed by atoms with Crippen molar-refractivity contribution >= 4 is 13.9 Å². The SMILES string of the molecule is CCPc1cccc2c1Cc1ccccc1-2. The van der Waals surface area contributed by atoms with Crippen LogP contribution in [0.5, 0.6) is 0 Å². The molecule has 0 radical (unpaired) electrons. The molecule has 0 fully saturated rings. The first kappa shape index (κ1) is 10.1. The Kier molecular flexibility index (Phi) is 2.53. The maximum Gasteiger partial charge on any atom is -0.000721 e. The molecule has 0 aliphatic heterocycles. The number of hydrogen-bond acceptors (Lipinski definition) is 0.